The van der Waals surface area contributed by atoms with Crippen molar-refractivity contribution in [2.45, 2.75) is 12.5 Å². The fourth-order valence-corrected chi connectivity index (χ4v) is 2.51. The average Bonchev–Trinajstić information content (AvgIpc) is 2.54. The van der Waals surface area contributed by atoms with Crippen molar-refractivity contribution in [1.82, 2.24) is 15.3 Å². The van der Waals surface area contributed by atoms with Crippen LogP contribution >= 0.6 is 11.6 Å². The first kappa shape index (κ1) is 16.5. The van der Waals surface area contributed by atoms with Crippen LogP contribution in [0.25, 0.3) is 0 Å². The molecule has 24 heavy (non-hydrogen) atoms. The normalized spacial score (nSPS) is 17.3. The zero-order valence-corrected chi connectivity index (χ0v) is 13.0. The predicted molar refractivity (Wildman–Crippen MR) is 82.2 cm³/mol. The van der Waals surface area contributed by atoms with E-state index in [1.165, 1.54) is 24.5 Å². The molecule has 0 aromatic carbocycles. The lowest BCUT2D eigenvalue weighted by molar-refractivity contribution is -0.141. The standard InChI is InChI=1S/C14H11ClF3N5O/c1-19-11-7-2-3-10(14(16,17)18)21-12(7)23(13(24)22-11)9-6-20-5-4-8(9)15/h2-6,13,24H,1H3,(H,19,22). The molecular weight excluding hydrogens is 347 g/mol. The number of nitrogens with zero attached hydrogens (tertiary/aromatic N) is 4. The van der Waals surface area contributed by atoms with Crippen molar-refractivity contribution in [2.24, 2.45) is 4.99 Å². The van der Waals surface area contributed by atoms with Crippen molar-refractivity contribution in [3.63, 3.8) is 0 Å². The molecule has 10 heteroatoms. The third-order valence-corrected chi connectivity index (χ3v) is 3.69. The summed E-state index contributed by atoms with van der Waals surface area (Å²) in [6, 6.07) is 3.55. The molecule has 0 radical (unpaired) electrons. The summed E-state index contributed by atoms with van der Waals surface area (Å²) >= 11 is 6.08. The minimum Gasteiger partial charge on any atom is -0.373 e. The Morgan fingerprint density at radius 3 is 2.67 bits per heavy atom. The molecule has 0 fully saturated rings. The topological polar surface area (TPSA) is 73.6 Å². The fourth-order valence-electron chi connectivity index (χ4n) is 2.31. The number of halogens is 4. The van der Waals surface area contributed by atoms with Crippen LogP contribution in [0.5, 0.6) is 0 Å². The van der Waals surface area contributed by atoms with Crippen molar-refractivity contribution >= 4 is 28.9 Å². The number of pyridine rings is 2. The van der Waals surface area contributed by atoms with Crippen LogP contribution in [-0.4, -0.2) is 34.3 Å². The summed E-state index contributed by atoms with van der Waals surface area (Å²) in [5.74, 6) is 0.0987. The lowest BCUT2D eigenvalue weighted by atomic mass is 10.1. The number of hydrogen-bond acceptors (Lipinski definition) is 6. The van der Waals surface area contributed by atoms with E-state index in [0.717, 1.165) is 11.0 Å². The summed E-state index contributed by atoms with van der Waals surface area (Å²) in [4.78, 5) is 12.7. The highest BCUT2D eigenvalue weighted by molar-refractivity contribution is 6.33. The molecule has 1 aliphatic heterocycles. The molecule has 0 bridgehead atoms. The van der Waals surface area contributed by atoms with Gasteiger partial charge in [-0.05, 0) is 18.2 Å². The van der Waals surface area contributed by atoms with Crippen molar-refractivity contribution < 1.29 is 18.3 Å². The molecule has 126 valence electrons. The Hall–Kier alpha value is -2.39. The molecule has 2 aromatic heterocycles. The summed E-state index contributed by atoms with van der Waals surface area (Å²) in [5.41, 5.74) is -0.592. The van der Waals surface area contributed by atoms with Crippen molar-refractivity contribution in [1.29, 1.82) is 0 Å². The number of amidine groups is 1. The quantitative estimate of drug-likeness (QED) is 0.820. The molecule has 1 atom stereocenters. The predicted octanol–water partition coefficient (Wildman–Crippen LogP) is 2.54. The van der Waals surface area contributed by atoms with Crippen molar-refractivity contribution in [3.8, 4) is 0 Å². The zero-order valence-electron chi connectivity index (χ0n) is 12.2. The largest absolute Gasteiger partial charge is 0.433 e. The molecule has 2 aromatic rings. The summed E-state index contributed by atoms with van der Waals surface area (Å²) in [5, 5.41) is 13.2. The van der Waals surface area contributed by atoms with E-state index >= 15 is 0 Å². The highest BCUT2D eigenvalue weighted by atomic mass is 35.5. The first-order chi connectivity index (χ1) is 11.3. The van der Waals surface area contributed by atoms with E-state index in [2.05, 4.69) is 20.3 Å². The minimum absolute atomic E-state index is 0.119. The summed E-state index contributed by atoms with van der Waals surface area (Å²) in [6.07, 6.45) is -3.39. The Bertz CT molecular complexity index is 811. The van der Waals surface area contributed by atoms with E-state index in [0.29, 0.717) is 5.56 Å². The Morgan fingerprint density at radius 1 is 1.29 bits per heavy atom. The van der Waals surface area contributed by atoms with Gasteiger partial charge in [0.1, 0.15) is 17.3 Å². The summed E-state index contributed by atoms with van der Waals surface area (Å²) < 4.78 is 39.0. The van der Waals surface area contributed by atoms with Gasteiger partial charge >= 0.3 is 6.18 Å². The molecule has 0 spiro atoms. The van der Waals surface area contributed by atoms with Crippen LogP contribution in [0, 0.1) is 0 Å². The molecule has 6 nitrogen and oxygen atoms in total. The number of alkyl halides is 3. The highest BCUT2D eigenvalue weighted by Gasteiger charge is 2.37. The van der Waals surface area contributed by atoms with Gasteiger partial charge < -0.3 is 10.4 Å². The molecule has 0 saturated heterocycles. The van der Waals surface area contributed by atoms with Gasteiger partial charge in [-0.25, -0.2) is 9.98 Å². The second-order valence-corrected chi connectivity index (χ2v) is 5.24. The molecule has 1 aliphatic rings. The van der Waals surface area contributed by atoms with Crippen LogP contribution in [0.15, 0.2) is 35.6 Å². The number of nitrogens with one attached hydrogen (secondary N) is 1. The van der Waals surface area contributed by atoms with Gasteiger partial charge in [0.25, 0.3) is 0 Å². The van der Waals surface area contributed by atoms with Gasteiger partial charge in [0.05, 0.1) is 22.5 Å². The van der Waals surface area contributed by atoms with Crippen LogP contribution in [0.1, 0.15) is 11.3 Å². The van der Waals surface area contributed by atoms with Gasteiger partial charge in [0.2, 0.25) is 6.35 Å². The van der Waals surface area contributed by atoms with Gasteiger partial charge in [0.15, 0.2) is 0 Å². The van der Waals surface area contributed by atoms with Gasteiger partial charge in [-0.1, -0.05) is 11.6 Å². The van der Waals surface area contributed by atoms with Crippen molar-refractivity contribution in [3.05, 3.63) is 46.9 Å². The third kappa shape index (κ3) is 2.76. The zero-order chi connectivity index (χ0) is 17.5. The van der Waals surface area contributed by atoms with E-state index in [1.807, 2.05) is 0 Å². The van der Waals surface area contributed by atoms with E-state index in [-0.39, 0.29) is 22.4 Å². The van der Waals surface area contributed by atoms with Crippen LogP contribution in [-0.2, 0) is 6.18 Å². The Labute approximate surface area is 139 Å². The number of anilines is 2. The SMILES string of the molecule is CNC1=NC(O)N(c2cnccc2Cl)c2nc(C(F)(F)F)ccc21. The molecule has 1 unspecified atom stereocenters. The third-order valence-electron chi connectivity index (χ3n) is 3.37. The monoisotopic (exact) mass is 357 g/mol. The number of aromatic nitrogens is 2. The van der Waals surface area contributed by atoms with Crippen LogP contribution in [0.2, 0.25) is 5.02 Å². The van der Waals surface area contributed by atoms with Crippen LogP contribution in [0.4, 0.5) is 24.7 Å². The maximum Gasteiger partial charge on any atom is 0.433 e. The van der Waals surface area contributed by atoms with E-state index in [9.17, 15) is 18.3 Å². The number of hydrogen-bond donors (Lipinski definition) is 2. The lowest BCUT2D eigenvalue weighted by Crippen LogP contribution is -2.39. The molecule has 0 saturated carbocycles. The maximum atomic E-state index is 13.0. The summed E-state index contributed by atoms with van der Waals surface area (Å²) in [7, 11) is 1.54. The number of fused-ring (bicyclic) bond motifs is 1. The Morgan fingerprint density at radius 2 is 2.04 bits per heavy atom. The van der Waals surface area contributed by atoms with Gasteiger partial charge in [-0.2, -0.15) is 13.2 Å². The first-order valence-electron chi connectivity index (χ1n) is 6.74. The van der Waals surface area contributed by atoms with Gasteiger partial charge in [0, 0.05) is 13.2 Å². The lowest BCUT2D eigenvalue weighted by Gasteiger charge is -2.33. The smallest absolute Gasteiger partial charge is 0.373 e. The summed E-state index contributed by atoms with van der Waals surface area (Å²) in [6.45, 7) is 0. The number of aliphatic imine (C=N–C) groups is 1. The first-order valence-corrected chi connectivity index (χ1v) is 7.11. The fraction of sp³-hybridized carbons (Fsp3) is 0.214. The van der Waals surface area contributed by atoms with Crippen LogP contribution in [0.3, 0.4) is 0 Å². The Balaban J connectivity index is 2.23. The molecule has 2 N–H and O–H groups in total. The maximum absolute atomic E-state index is 13.0. The van der Waals surface area contributed by atoms with Gasteiger partial charge in [-0.15, -0.1) is 0 Å². The van der Waals surface area contributed by atoms with E-state index < -0.39 is 18.2 Å². The number of aliphatic hydroxyl groups excluding tert-OH is 1. The number of aliphatic hydroxyl groups is 1. The highest BCUT2D eigenvalue weighted by Crippen LogP contribution is 2.38. The number of rotatable bonds is 1. The minimum atomic E-state index is -4.63. The van der Waals surface area contributed by atoms with Crippen LogP contribution < -0.4 is 10.2 Å². The van der Waals surface area contributed by atoms with Gasteiger partial charge in [-0.3, -0.25) is 9.88 Å². The Kier molecular flexibility index (Phi) is 4.06. The molecule has 0 amide bonds. The second kappa shape index (κ2) is 5.91. The molecule has 0 aliphatic carbocycles. The molecule has 3 heterocycles. The second-order valence-electron chi connectivity index (χ2n) is 4.84. The van der Waals surface area contributed by atoms with E-state index in [1.54, 1.807) is 7.05 Å². The average molecular weight is 358 g/mol. The van der Waals surface area contributed by atoms with E-state index in [4.69, 9.17) is 11.6 Å². The van der Waals surface area contributed by atoms with Crippen molar-refractivity contribution in [2.75, 3.05) is 11.9 Å². The molecular formula is C14H11ClF3N5O. The molecule has 3 rings (SSSR count).